The van der Waals surface area contributed by atoms with Gasteiger partial charge in [0.15, 0.2) is 6.10 Å². The van der Waals surface area contributed by atoms with E-state index in [1.807, 2.05) is 0 Å². The lowest BCUT2D eigenvalue weighted by Gasteiger charge is -2.18. The highest BCUT2D eigenvalue weighted by Crippen LogP contribution is 2.17. The lowest BCUT2D eigenvalue weighted by Crippen LogP contribution is -2.30. The molecule has 0 aromatic carbocycles. The molecule has 0 aromatic rings. The van der Waals surface area contributed by atoms with Crippen LogP contribution in [0.4, 0.5) is 0 Å². The molecule has 0 saturated heterocycles. The van der Waals surface area contributed by atoms with Gasteiger partial charge in [0.2, 0.25) is 0 Å². The minimum atomic E-state index is -0.573. The van der Waals surface area contributed by atoms with Crippen LogP contribution in [0.2, 0.25) is 0 Å². The third-order valence-corrected chi connectivity index (χ3v) is 12.6. The SMILES string of the molecule is CC/C=C\C/C=C\C/C=C\C/C=C\C/C=C\CCOCC(COC(=O)CCCCCCCCCCCCCCCCCCCCC)OC(=O)CCCCCCCCCCCCCCCCC. The van der Waals surface area contributed by atoms with Crippen molar-refractivity contribution in [3.05, 3.63) is 60.8 Å². The zero-order valence-corrected chi connectivity index (χ0v) is 44.2. The van der Waals surface area contributed by atoms with Gasteiger partial charge < -0.3 is 14.2 Å². The zero-order chi connectivity index (χ0) is 47.7. The molecule has 0 saturated carbocycles. The van der Waals surface area contributed by atoms with E-state index in [9.17, 15) is 9.59 Å². The summed E-state index contributed by atoms with van der Waals surface area (Å²) in [6.07, 6.45) is 72.7. The molecular weight excluding hydrogens is 813 g/mol. The topological polar surface area (TPSA) is 61.8 Å². The molecule has 0 fully saturated rings. The Bertz CT molecular complexity index is 1130. The fourth-order valence-electron chi connectivity index (χ4n) is 8.34. The predicted molar refractivity (Wildman–Crippen MR) is 288 cm³/mol. The Hall–Kier alpha value is -2.40. The molecule has 0 amide bonds. The Morgan fingerprint density at radius 2 is 0.652 bits per heavy atom. The van der Waals surface area contributed by atoms with Crippen molar-refractivity contribution in [2.45, 2.75) is 297 Å². The van der Waals surface area contributed by atoms with Crippen LogP contribution in [-0.2, 0) is 23.8 Å². The van der Waals surface area contributed by atoms with Crippen LogP contribution in [-0.4, -0.2) is 37.9 Å². The van der Waals surface area contributed by atoms with Crippen LogP contribution in [0.25, 0.3) is 0 Å². The normalized spacial score (nSPS) is 12.6. The summed E-state index contributed by atoms with van der Waals surface area (Å²) in [5, 5.41) is 0. The zero-order valence-electron chi connectivity index (χ0n) is 44.2. The van der Waals surface area contributed by atoms with Gasteiger partial charge in [-0.2, -0.15) is 0 Å². The van der Waals surface area contributed by atoms with Crippen molar-refractivity contribution in [3.8, 4) is 0 Å². The van der Waals surface area contributed by atoms with E-state index in [0.29, 0.717) is 19.4 Å². The molecule has 0 heterocycles. The number of hydrogen-bond donors (Lipinski definition) is 0. The highest BCUT2D eigenvalue weighted by atomic mass is 16.6. The van der Waals surface area contributed by atoms with Crippen molar-refractivity contribution in [2.24, 2.45) is 0 Å². The summed E-state index contributed by atoms with van der Waals surface area (Å²) in [5.74, 6) is -0.421. The van der Waals surface area contributed by atoms with E-state index in [1.54, 1.807) is 0 Å². The maximum Gasteiger partial charge on any atom is 0.306 e. The molecule has 66 heavy (non-hydrogen) atoms. The van der Waals surface area contributed by atoms with E-state index >= 15 is 0 Å². The Morgan fingerprint density at radius 3 is 1.00 bits per heavy atom. The summed E-state index contributed by atoms with van der Waals surface area (Å²) >= 11 is 0. The van der Waals surface area contributed by atoms with Crippen molar-refractivity contribution in [3.63, 3.8) is 0 Å². The molecule has 0 radical (unpaired) electrons. The maximum atomic E-state index is 12.8. The van der Waals surface area contributed by atoms with Crippen LogP contribution in [0.3, 0.4) is 0 Å². The molecule has 0 spiro atoms. The van der Waals surface area contributed by atoms with Crippen molar-refractivity contribution < 1.29 is 23.8 Å². The first-order chi connectivity index (χ1) is 32.6. The maximum absolute atomic E-state index is 12.8. The van der Waals surface area contributed by atoms with Gasteiger partial charge in [-0.3, -0.25) is 9.59 Å². The Balaban J connectivity index is 4.30. The number of ether oxygens (including phenoxy) is 3. The van der Waals surface area contributed by atoms with Crippen LogP contribution in [0.5, 0.6) is 0 Å². The molecule has 0 aliphatic rings. The van der Waals surface area contributed by atoms with E-state index in [2.05, 4.69) is 81.5 Å². The molecule has 0 aliphatic heterocycles. The third-order valence-electron chi connectivity index (χ3n) is 12.6. The average molecular weight is 924 g/mol. The Morgan fingerprint density at radius 1 is 0.348 bits per heavy atom. The summed E-state index contributed by atoms with van der Waals surface area (Å²) < 4.78 is 17.4. The minimum Gasteiger partial charge on any atom is -0.462 e. The lowest BCUT2D eigenvalue weighted by atomic mass is 10.0. The first-order valence-corrected chi connectivity index (χ1v) is 28.8. The third kappa shape index (κ3) is 54.2. The number of carbonyl (C=O) groups is 2. The first-order valence-electron chi connectivity index (χ1n) is 28.8. The lowest BCUT2D eigenvalue weighted by molar-refractivity contribution is -0.162. The second-order valence-corrected chi connectivity index (χ2v) is 19.2. The number of hydrogen-bond acceptors (Lipinski definition) is 5. The molecule has 1 atom stereocenters. The molecule has 0 aromatic heterocycles. The number of carbonyl (C=O) groups excluding carboxylic acids is 2. The Labute approximate surface area is 411 Å². The van der Waals surface area contributed by atoms with E-state index in [0.717, 1.165) is 64.2 Å². The van der Waals surface area contributed by atoms with Crippen LogP contribution in [0, 0.1) is 0 Å². The summed E-state index contributed by atoms with van der Waals surface area (Å²) in [4.78, 5) is 25.5. The van der Waals surface area contributed by atoms with Gasteiger partial charge in [0, 0.05) is 12.8 Å². The van der Waals surface area contributed by atoms with Gasteiger partial charge in [-0.15, -0.1) is 0 Å². The summed E-state index contributed by atoms with van der Waals surface area (Å²) in [7, 11) is 0. The molecule has 0 rings (SSSR count). The van der Waals surface area contributed by atoms with Gasteiger partial charge in [0.25, 0.3) is 0 Å². The minimum absolute atomic E-state index is 0.0597. The van der Waals surface area contributed by atoms with E-state index in [-0.39, 0.29) is 25.2 Å². The van der Waals surface area contributed by atoms with E-state index < -0.39 is 6.10 Å². The molecule has 1 unspecified atom stereocenters. The van der Waals surface area contributed by atoms with Crippen molar-refractivity contribution in [1.82, 2.24) is 0 Å². The monoisotopic (exact) mass is 923 g/mol. The summed E-state index contributed by atoms with van der Waals surface area (Å²) in [6, 6.07) is 0. The number of allylic oxidation sites excluding steroid dienone is 9. The first kappa shape index (κ1) is 63.6. The second kappa shape index (κ2) is 56.9. The van der Waals surface area contributed by atoms with Gasteiger partial charge in [-0.05, 0) is 51.4 Å². The van der Waals surface area contributed by atoms with Crippen molar-refractivity contribution in [1.29, 1.82) is 0 Å². The molecule has 384 valence electrons. The highest BCUT2D eigenvalue weighted by Gasteiger charge is 2.17. The average Bonchev–Trinajstić information content (AvgIpc) is 3.32. The largest absolute Gasteiger partial charge is 0.462 e. The molecule has 0 N–H and O–H groups in total. The second-order valence-electron chi connectivity index (χ2n) is 19.2. The van der Waals surface area contributed by atoms with Gasteiger partial charge >= 0.3 is 11.9 Å². The highest BCUT2D eigenvalue weighted by molar-refractivity contribution is 5.70. The fourth-order valence-corrected chi connectivity index (χ4v) is 8.34. The van der Waals surface area contributed by atoms with E-state index in [4.69, 9.17) is 14.2 Å². The molecule has 0 aliphatic carbocycles. The van der Waals surface area contributed by atoms with Gasteiger partial charge in [-0.1, -0.05) is 287 Å². The van der Waals surface area contributed by atoms with E-state index in [1.165, 1.54) is 193 Å². The molecule has 0 bridgehead atoms. The standard InChI is InChI=1S/C61H110O5/c1-4-7-10-13-16-19-22-25-28-30-31-32-34-36-39-42-45-48-51-54-60(62)65-58-59(57-64-56-53-50-47-44-41-38-35-29-26-23-20-17-14-11-8-5-2)66-61(63)55-52-49-46-43-40-37-33-27-24-21-18-15-12-9-6-3/h8,11,17,20,26,29,38,41,47,50,59H,4-7,9-10,12-16,18-19,21-25,27-28,30-37,39-40,42-46,48-49,51-58H2,1-3H3/b11-8-,20-17-,29-26-,41-38-,50-47-. The Kier molecular flexibility index (Phi) is 54.9. The van der Waals surface area contributed by atoms with Crippen LogP contribution >= 0.6 is 0 Å². The fraction of sp³-hybridized carbons (Fsp3) is 0.803. The van der Waals surface area contributed by atoms with Crippen molar-refractivity contribution in [2.75, 3.05) is 19.8 Å². The molecular formula is C61H110O5. The van der Waals surface area contributed by atoms with Gasteiger partial charge in [0.05, 0.1) is 13.2 Å². The van der Waals surface area contributed by atoms with Crippen LogP contribution in [0.15, 0.2) is 60.8 Å². The number of rotatable bonds is 53. The van der Waals surface area contributed by atoms with Gasteiger partial charge in [0.1, 0.15) is 6.61 Å². The molecule has 5 nitrogen and oxygen atoms in total. The molecule has 5 heteroatoms. The predicted octanol–water partition coefficient (Wildman–Crippen LogP) is 19.7. The summed E-state index contributed by atoms with van der Waals surface area (Å²) in [5.41, 5.74) is 0. The number of esters is 2. The van der Waals surface area contributed by atoms with Crippen LogP contribution in [0.1, 0.15) is 290 Å². The van der Waals surface area contributed by atoms with Crippen LogP contribution < -0.4 is 0 Å². The summed E-state index contributed by atoms with van der Waals surface area (Å²) in [6.45, 7) is 7.56. The quantitative estimate of drug-likeness (QED) is 0.0346. The van der Waals surface area contributed by atoms with Gasteiger partial charge in [-0.25, -0.2) is 0 Å². The van der Waals surface area contributed by atoms with Crippen molar-refractivity contribution >= 4 is 11.9 Å². The smallest absolute Gasteiger partial charge is 0.306 e. The number of unbranched alkanes of at least 4 members (excludes halogenated alkanes) is 32.